The number of carbonyl (C=O) groups is 1. The van der Waals surface area contributed by atoms with E-state index in [4.69, 9.17) is 0 Å². The third-order valence-corrected chi connectivity index (χ3v) is 4.48. The summed E-state index contributed by atoms with van der Waals surface area (Å²) < 4.78 is 22.8. The van der Waals surface area contributed by atoms with Gasteiger partial charge in [-0.05, 0) is 12.8 Å². The van der Waals surface area contributed by atoms with Gasteiger partial charge in [0.1, 0.15) is 0 Å². The van der Waals surface area contributed by atoms with Gasteiger partial charge in [-0.1, -0.05) is 0 Å². The Kier molecular flexibility index (Phi) is 1.80. The lowest BCUT2D eigenvalue weighted by molar-refractivity contribution is -0.114. The van der Waals surface area contributed by atoms with E-state index in [1.54, 1.807) is 0 Å². The van der Waals surface area contributed by atoms with Gasteiger partial charge in [-0.25, -0.2) is 8.42 Å². The number of nitrogens with zero attached hydrogens (tertiary/aromatic N) is 2. The molecule has 0 bridgehead atoms. The summed E-state index contributed by atoms with van der Waals surface area (Å²) in [7, 11) is -3.11. The van der Waals surface area contributed by atoms with Gasteiger partial charge in [0.05, 0.1) is 22.8 Å². The largest absolute Gasteiger partial charge is 0.294 e. The third-order valence-electron chi connectivity index (χ3n) is 2.27. The Morgan fingerprint density at radius 3 is 2.69 bits per heavy atom. The molecule has 2 heterocycles. The summed E-state index contributed by atoms with van der Waals surface area (Å²) in [6.07, 6.45) is 2.40. The fourth-order valence-electron chi connectivity index (χ4n) is 1.62. The second kappa shape index (κ2) is 2.73. The number of azo groups is 1. The molecule has 1 saturated heterocycles. The molecule has 0 saturated carbocycles. The van der Waals surface area contributed by atoms with Crippen LogP contribution in [0.3, 0.4) is 0 Å². The van der Waals surface area contributed by atoms with E-state index in [1.165, 1.54) is 6.20 Å². The summed E-state index contributed by atoms with van der Waals surface area (Å²) >= 11 is 0. The molecule has 0 aliphatic carbocycles. The highest BCUT2D eigenvalue weighted by atomic mass is 32.2. The summed E-state index contributed by atoms with van der Waals surface area (Å²) in [4.78, 5) is 11.1. The lowest BCUT2D eigenvalue weighted by Gasteiger charge is -2.06. The maximum absolute atomic E-state index is 11.4. The van der Waals surface area contributed by atoms with Crippen molar-refractivity contribution in [2.45, 2.75) is 18.1 Å². The van der Waals surface area contributed by atoms with E-state index in [-0.39, 0.29) is 11.3 Å². The molecule has 2 aliphatic rings. The summed E-state index contributed by atoms with van der Waals surface area (Å²) in [6.45, 7) is 0. The van der Waals surface area contributed by atoms with Crippen LogP contribution in [0, 0.1) is 0 Å². The quantitative estimate of drug-likeness (QED) is 0.616. The summed E-state index contributed by atoms with van der Waals surface area (Å²) in [6, 6.07) is 0. The zero-order valence-corrected chi connectivity index (χ0v) is 7.62. The predicted octanol–water partition coefficient (Wildman–Crippen LogP) is 0.440. The number of hydrogen-bond donors (Lipinski definition) is 0. The van der Waals surface area contributed by atoms with Crippen molar-refractivity contribution >= 4 is 15.7 Å². The zero-order chi connectivity index (χ0) is 9.47. The van der Waals surface area contributed by atoms with Gasteiger partial charge in [0, 0.05) is 0 Å². The SMILES string of the molecule is O=C1N=NC=C1C1CCCS1(=O)=O. The summed E-state index contributed by atoms with van der Waals surface area (Å²) in [5.74, 6) is -0.335. The number of rotatable bonds is 1. The first-order valence-corrected chi connectivity index (χ1v) is 5.69. The van der Waals surface area contributed by atoms with Gasteiger partial charge in [0.15, 0.2) is 9.84 Å². The standard InChI is InChI=1S/C7H8N2O3S/c10-7-5(4-8-9-7)6-2-1-3-13(6,11)12/h4,6H,1-3H2. The van der Waals surface area contributed by atoms with Crippen LogP contribution < -0.4 is 0 Å². The van der Waals surface area contributed by atoms with Crippen molar-refractivity contribution in [1.82, 2.24) is 0 Å². The molecule has 2 rings (SSSR count). The molecule has 13 heavy (non-hydrogen) atoms. The maximum atomic E-state index is 11.4. The van der Waals surface area contributed by atoms with Crippen molar-refractivity contribution in [3.8, 4) is 0 Å². The fourth-order valence-corrected chi connectivity index (χ4v) is 3.55. The number of carbonyl (C=O) groups excluding carboxylic acids is 1. The minimum Gasteiger partial charge on any atom is -0.265 e. The van der Waals surface area contributed by atoms with E-state index in [0.29, 0.717) is 12.8 Å². The van der Waals surface area contributed by atoms with Crippen LogP contribution in [0.1, 0.15) is 12.8 Å². The molecule has 0 spiro atoms. The van der Waals surface area contributed by atoms with Crippen LogP contribution in [0.15, 0.2) is 22.0 Å². The van der Waals surface area contributed by atoms with Gasteiger partial charge >= 0.3 is 0 Å². The summed E-state index contributed by atoms with van der Waals surface area (Å²) in [5.41, 5.74) is 0.234. The fraction of sp³-hybridized carbons (Fsp3) is 0.571. The molecule has 5 nitrogen and oxygen atoms in total. The number of amides is 1. The number of hydrogen-bond acceptors (Lipinski definition) is 4. The van der Waals surface area contributed by atoms with Crippen LogP contribution in [0.25, 0.3) is 0 Å². The molecule has 1 fully saturated rings. The van der Waals surface area contributed by atoms with Gasteiger partial charge < -0.3 is 0 Å². The Hall–Kier alpha value is -1.04. The molecule has 70 valence electrons. The van der Waals surface area contributed by atoms with Crippen molar-refractivity contribution in [2.75, 3.05) is 5.75 Å². The lowest BCUT2D eigenvalue weighted by atomic mass is 10.1. The van der Waals surface area contributed by atoms with Crippen LogP contribution in [0.2, 0.25) is 0 Å². The maximum Gasteiger partial charge on any atom is 0.294 e. The van der Waals surface area contributed by atoms with Gasteiger partial charge in [-0.15, -0.1) is 5.11 Å². The second-order valence-electron chi connectivity index (χ2n) is 3.10. The highest BCUT2D eigenvalue weighted by molar-refractivity contribution is 7.92. The Morgan fingerprint density at radius 2 is 2.23 bits per heavy atom. The smallest absolute Gasteiger partial charge is 0.265 e. The van der Waals surface area contributed by atoms with Crippen LogP contribution in [0.4, 0.5) is 0 Å². The molecule has 0 N–H and O–H groups in total. The summed E-state index contributed by atoms with van der Waals surface area (Å²) in [5, 5.41) is 6.00. The Bertz CT molecular complexity index is 407. The molecule has 1 amide bonds. The zero-order valence-electron chi connectivity index (χ0n) is 6.80. The second-order valence-corrected chi connectivity index (χ2v) is 5.41. The van der Waals surface area contributed by atoms with Gasteiger partial charge in [0.25, 0.3) is 5.91 Å². The van der Waals surface area contributed by atoms with Crippen molar-refractivity contribution in [1.29, 1.82) is 0 Å². The van der Waals surface area contributed by atoms with Crippen LogP contribution in [-0.2, 0) is 14.6 Å². The first-order chi connectivity index (χ1) is 6.11. The van der Waals surface area contributed by atoms with Gasteiger partial charge in [0.2, 0.25) is 0 Å². The highest BCUT2D eigenvalue weighted by Gasteiger charge is 2.38. The van der Waals surface area contributed by atoms with E-state index in [1.807, 2.05) is 0 Å². The van der Waals surface area contributed by atoms with Gasteiger partial charge in [-0.2, -0.15) is 5.11 Å². The van der Waals surface area contributed by atoms with E-state index < -0.39 is 21.0 Å². The monoisotopic (exact) mass is 200 g/mol. The van der Waals surface area contributed by atoms with Crippen LogP contribution >= 0.6 is 0 Å². The molecule has 6 heteroatoms. The molecular formula is C7H8N2O3S. The third kappa shape index (κ3) is 1.31. The van der Waals surface area contributed by atoms with Crippen molar-refractivity contribution in [3.05, 3.63) is 11.8 Å². The lowest BCUT2D eigenvalue weighted by Crippen LogP contribution is -2.21. The topological polar surface area (TPSA) is 75.9 Å². The molecule has 1 atom stereocenters. The van der Waals surface area contributed by atoms with Crippen molar-refractivity contribution < 1.29 is 13.2 Å². The molecule has 1 unspecified atom stereocenters. The van der Waals surface area contributed by atoms with E-state index >= 15 is 0 Å². The average molecular weight is 200 g/mol. The Morgan fingerprint density at radius 1 is 1.46 bits per heavy atom. The minimum absolute atomic E-state index is 0.169. The molecule has 0 aromatic carbocycles. The van der Waals surface area contributed by atoms with Crippen LogP contribution in [-0.4, -0.2) is 25.3 Å². The first kappa shape index (κ1) is 8.55. The molecule has 0 radical (unpaired) electrons. The molecule has 0 aromatic heterocycles. The van der Waals surface area contributed by atoms with Crippen molar-refractivity contribution in [3.63, 3.8) is 0 Å². The predicted molar refractivity (Wildman–Crippen MR) is 44.8 cm³/mol. The Labute approximate surface area is 75.5 Å². The molecule has 2 aliphatic heterocycles. The van der Waals surface area contributed by atoms with Gasteiger partial charge in [-0.3, -0.25) is 4.79 Å². The average Bonchev–Trinajstić information content (AvgIpc) is 2.56. The molecular weight excluding hydrogens is 192 g/mol. The normalized spacial score (nSPS) is 30.9. The van der Waals surface area contributed by atoms with E-state index in [9.17, 15) is 13.2 Å². The highest BCUT2D eigenvalue weighted by Crippen LogP contribution is 2.28. The first-order valence-electron chi connectivity index (χ1n) is 3.98. The van der Waals surface area contributed by atoms with Crippen LogP contribution in [0.5, 0.6) is 0 Å². The molecule has 0 aromatic rings. The van der Waals surface area contributed by atoms with E-state index in [2.05, 4.69) is 10.2 Å². The minimum atomic E-state index is -3.11. The number of sulfone groups is 1. The Balaban J connectivity index is 2.33. The van der Waals surface area contributed by atoms with Crippen molar-refractivity contribution in [2.24, 2.45) is 10.2 Å². The van der Waals surface area contributed by atoms with E-state index in [0.717, 1.165) is 0 Å².